The number of carbonyl (C=O) groups excluding carboxylic acids is 1. The molecule has 8 nitrogen and oxygen atoms in total. The molecule has 0 bridgehead atoms. The summed E-state index contributed by atoms with van der Waals surface area (Å²) >= 11 is 1.14. The molecule has 0 saturated carbocycles. The van der Waals surface area contributed by atoms with Crippen molar-refractivity contribution in [2.45, 2.75) is 0 Å². The molecule has 3 N–H and O–H groups in total. The fraction of sp³-hybridized carbons (Fsp3) is 0.125. The maximum atomic E-state index is 12.4. The first-order valence-electron chi connectivity index (χ1n) is 7.46. The molecule has 0 atom stereocenters. The fourth-order valence-electron chi connectivity index (χ4n) is 2.63. The summed E-state index contributed by atoms with van der Waals surface area (Å²) in [4.78, 5) is 39.5. The fourth-order valence-corrected chi connectivity index (χ4v) is 3.40. The second-order valence-electron chi connectivity index (χ2n) is 5.70. The Morgan fingerprint density at radius 2 is 2.12 bits per heavy atom. The number of hydrogen-bond acceptors (Lipinski definition) is 6. The standard InChI is InChI=1S/C16H14N6O2S/c1-22(2)15(23)9-6-17-13-12(9)14(19-7-18-13)20-8-3-4-10-11(5-8)25-16(24)21-10/h3-7H,1-2H3,(H,21,24)(H2,17,18,19,20). The van der Waals surface area contributed by atoms with Crippen LogP contribution in [0.5, 0.6) is 0 Å². The van der Waals surface area contributed by atoms with Gasteiger partial charge >= 0.3 is 4.87 Å². The zero-order chi connectivity index (χ0) is 17.6. The average molecular weight is 354 g/mol. The highest BCUT2D eigenvalue weighted by Gasteiger charge is 2.18. The van der Waals surface area contributed by atoms with Gasteiger partial charge in [-0.25, -0.2) is 9.97 Å². The van der Waals surface area contributed by atoms with Gasteiger partial charge in [0.25, 0.3) is 5.91 Å². The number of anilines is 2. The first kappa shape index (κ1) is 15.3. The van der Waals surface area contributed by atoms with Crippen LogP contribution in [0.25, 0.3) is 21.3 Å². The number of hydrogen-bond donors (Lipinski definition) is 3. The lowest BCUT2D eigenvalue weighted by molar-refractivity contribution is 0.0829. The Morgan fingerprint density at radius 1 is 1.28 bits per heavy atom. The van der Waals surface area contributed by atoms with Crippen LogP contribution in [0.4, 0.5) is 11.5 Å². The number of aromatic nitrogens is 4. The summed E-state index contributed by atoms with van der Waals surface area (Å²) in [6.07, 6.45) is 3.06. The van der Waals surface area contributed by atoms with Gasteiger partial charge < -0.3 is 20.2 Å². The predicted octanol–water partition coefficient (Wildman–Crippen LogP) is 2.31. The molecule has 0 fully saturated rings. The minimum absolute atomic E-state index is 0.0962. The highest BCUT2D eigenvalue weighted by atomic mass is 32.1. The molecule has 25 heavy (non-hydrogen) atoms. The van der Waals surface area contributed by atoms with Crippen LogP contribution in [0.15, 0.2) is 35.5 Å². The summed E-state index contributed by atoms with van der Waals surface area (Å²) in [5.74, 6) is 0.391. The molecule has 0 saturated heterocycles. The van der Waals surface area contributed by atoms with Gasteiger partial charge in [0.15, 0.2) is 0 Å². The average Bonchev–Trinajstić information content (AvgIpc) is 3.16. The van der Waals surface area contributed by atoms with Crippen molar-refractivity contribution in [2.24, 2.45) is 0 Å². The number of nitrogens with one attached hydrogen (secondary N) is 3. The van der Waals surface area contributed by atoms with Gasteiger partial charge in [0, 0.05) is 26.0 Å². The highest BCUT2D eigenvalue weighted by Crippen LogP contribution is 2.28. The summed E-state index contributed by atoms with van der Waals surface area (Å²) in [6, 6.07) is 5.54. The van der Waals surface area contributed by atoms with E-state index >= 15 is 0 Å². The van der Waals surface area contributed by atoms with Crippen molar-refractivity contribution in [1.29, 1.82) is 0 Å². The van der Waals surface area contributed by atoms with E-state index in [1.165, 1.54) is 11.2 Å². The van der Waals surface area contributed by atoms with E-state index in [9.17, 15) is 9.59 Å². The predicted molar refractivity (Wildman–Crippen MR) is 97.6 cm³/mol. The summed E-state index contributed by atoms with van der Waals surface area (Å²) < 4.78 is 0.846. The van der Waals surface area contributed by atoms with Crippen LogP contribution >= 0.6 is 11.3 Å². The van der Waals surface area contributed by atoms with Crippen LogP contribution in [0.3, 0.4) is 0 Å². The number of thiazole rings is 1. The highest BCUT2D eigenvalue weighted by molar-refractivity contribution is 7.16. The van der Waals surface area contributed by atoms with Crippen molar-refractivity contribution in [2.75, 3.05) is 19.4 Å². The van der Waals surface area contributed by atoms with Crippen molar-refractivity contribution in [1.82, 2.24) is 24.8 Å². The molecule has 0 radical (unpaired) electrons. The maximum Gasteiger partial charge on any atom is 0.305 e. The van der Waals surface area contributed by atoms with Crippen LogP contribution in [0.2, 0.25) is 0 Å². The smallest absolute Gasteiger partial charge is 0.305 e. The SMILES string of the molecule is CN(C)C(=O)c1c[nH]c2ncnc(Nc3ccc4[nH]c(=O)sc4c3)c12. The third-order valence-corrected chi connectivity index (χ3v) is 4.64. The Balaban J connectivity index is 1.81. The Labute approximate surface area is 145 Å². The second-order valence-corrected chi connectivity index (χ2v) is 6.71. The van der Waals surface area contributed by atoms with Crippen LogP contribution in [0, 0.1) is 0 Å². The van der Waals surface area contributed by atoms with Gasteiger partial charge in [0.2, 0.25) is 0 Å². The molecule has 0 aliphatic rings. The first-order valence-corrected chi connectivity index (χ1v) is 8.28. The lowest BCUT2D eigenvalue weighted by Crippen LogP contribution is -2.21. The number of H-pyrrole nitrogens is 2. The normalized spacial score (nSPS) is 11.1. The topological polar surface area (TPSA) is 107 Å². The minimum atomic E-state index is -0.136. The molecule has 4 aromatic rings. The number of amides is 1. The van der Waals surface area contributed by atoms with Crippen LogP contribution in [-0.2, 0) is 0 Å². The third kappa shape index (κ3) is 2.64. The molecular weight excluding hydrogens is 340 g/mol. The molecule has 0 aliphatic heterocycles. The number of benzene rings is 1. The molecule has 0 aliphatic carbocycles. The van der Waals surface area contributed by atoms with E-state index in [4.69, 9.17) is 0 Å². The Hall–Kier alpha value is -3.20. The van der Waals surface area contributed by atoms with Gasteiger partial charge in [-0.15, -0.1) is 0 Å². The van der Waals surface area contributed by atoms with Crippen molar-refractivity contribution in [3.63, 3.8) is 0 Å². The second kappa shape index (κ2) is 5.71. The molecule has 3 heterocycles. The van der Waals surface area contributed by atoms with Gasteiger partial charge in [-0.05, 0) is 18.2 Å². The zero-order valence-corrected chi connectivity index (χ0v) is 14.3. The van der Waals surface area contributed by atoms with Crippen LogP contribution < -0.4 is 10.2 Å². The van der Waals surface area contributed by atoms with Gasteiger partial charge in [0.1, 0.15) is 17.8 Å². The Morgan fingerprint density at radius 3 is 2.92 bits per heavy atom. The van der Waals surface area contributed by atoms with Crippen molar-refractivity contribution in [3.8, 4) is 0 Å². The number of rotatable bonds is 3. The molecule has 1 aromatic carbocycles. The van der Waals surface area contributed by atoms with Gasteiger partial charge in [-0.2, -0.15) is 0 Å². The number of nitrogens with zero attached hydrogens (tertiary/aromatic N) is 3. The summed E-state index contributed by atoms with van der Waals surface area (Å²) in [5, 5.41) is 3.85. The Kier molecular flexibility index (Phi) is 3.50. The van der Waals surface area contributed by atoms with Crippen LogP contribution in [0.1, 0.15) is 10.4 Å². The van der Waals surface area contributed by atoms with E-state index in [0.29, 0.717) is 22.4 Å². The van der Waals surface area contributed by atoms with Gasteiger partial charge in [-0.3, -0.25) is 9.59 Å². The third-order valence-electron chi connectivity index (χ3n) is 3.79. The van der Waals surface area contributed by atoms with E-state index in [0.717, 1.165) is 27.2 Å². The molecule has 4 rings (SSSR count). The number of carbonyl (C=O) groups is 1. The first-order chi connectivity index (χ1) is 12.0. The van der Waals surface area contributed by atoms with E-state index in [-0.39, 0.29) is 10.8 Å². The lowest BCUT2D eigenvalue weighted by atomic mass is 10.2. The molecule has 1 amide bonds. The van der Waals surface area contributed by atoms with E-state index in [1.807, 2.05) is 18.2 Å². The van der Waals surface area contributed by atoms with E-state index in [1.54, 1.807) is 20.3 Å². The van der Waals surface area contributed by atoms with Crippen molar-refractivity contribution in [3.05, 3.63) is 46.0 Å². The summed E-state index contributed by atoms with van der Waals surface area (Å²) in [6.45, 7) is 0. The van der Waals surface area contributed by atoms with Gasteiger partial charge in [-0.1, -0.05) is 11.3 Å². The summed E-state index contributed by atoms with van der Waals surface area (Å²) in [5.41, 5.74) is 2.64. The van der Waals surface area contributed by atoms with Crippen LogP contribution in [-0.4, -0.2) is 44.8 Å². The molecular formula is C16H14N6O2S. The molecule has 3 aromatic heterocycles. The van der Waals surface area contributed by atoms with Crippen molar-refractivity contribution >= 4 is 50.0 Å². The quantitative estimate of drug-likeness (QED) is 0.523. The number of fused-ring (bicyclic) bond motifs is 2. The zero-order valence-electron chi connectivity index (χ0n) is 13.5. The van der Waals surface area contributed by atoms with E-state index < -0.39 is 0 Å². The van der Waals surface area contributed by atoms with E-state index in [2.05, 4.69) is 25.3 Å². The monoisotopic (exact) mass is 354 g/mol. The molecule has 9 heteroatoms. The van der Waals surface area contributed by atoms with Gasteiger partial charge in [0.05, 0.1) is 21.2 Å². The molecule has 0 unspecified atom stereocenters. The van der Waals surface area contributed by atoms with Crippen molar-refractivity contribution < 1.29 is 4.79 Å². The summed E-state index contributed by atoms with van der Waals surface area (Å²) in [7, 11) is 3.39. The molecule has 0 spiro atoms. The lowest BCUT2D eigenvalue weighted by Gasteiger charge is -2.11. The number of aromatic amines is 2. The molecule has 126 valence electrons. The minimum Gasteiger partial charge on any atom is -0.345 e. The maximum absolute atomic E-state index is 12.4. The Bertz CT molecular complexity index is 1160. The largest absolute Gasteiger partial charge is 0.345 e.